The Morgan fingerprint density at radius 3 is 2.56 bits per heavy atom. The number of nitro groups is 1. The van der Waals surface area contributed by atoms with Gasteiger partial charge >= 0.3 is 5.51 Å². The number of benzene rings is 1. The van der Waals surface area contributed by atoms with E-state index in [-0.39, 0.29) is 40.2 Å². The molecule has 1 aromatic rings. The molecule has 0 heterocycles. The van der Waals surface area contributed by atoms with Gasteiger partial charge in [0.05, 0.1) is 4.92 Å². The van der Waals surface area contributed by atoms with Crippen molar-refractivity contribution in [3.05, 3.63) is 33.9 Å². The highest BCUT2D eigenvalue weighted by atomic mass is 35.5. The lowest BCUT2D eigenvalue weighted by Gasteiger charge is -2.10. The van der Waals surface area contributed by atoms with Crippen molar-refractivity contribution in [3.8, 4) is 0 Å². The molecule has 3 nitrogen and oxygen atoms in total. The zero-order valence-corrected chi connectivity index (χ0v) is 10.6. The molecule has 0 aromatic heterocycles. The highest BCUT2D eigenvalue weighted by Gasteiger charge is 2.32. The summed E-state index contributed by atoms with van der Waals surface area (Å²) in [4.78, 5) is 9.97. The zero-order chi connectivity index (χ0) is 13.8. The Morgan fingerprint density at radius 2 is 2.06 bits per heavy atom. The van der Waals surface area contributed by atoms with Crippen LogP contribution in [0.3, 0.4) is 0 Å². The van der Waals surface area contributed by atoms with E-state index in [0.29, 0.717) is 6.42 Å². The monoisotopic (exact) mass is 299 g/mol. The molecule has 1 aromatic carbocycles. The van der Waals surface area contributed by atoms with E-state index >= 15 is 0 Å². The molecule has 0 radical (unpaired) electrons. The molecule has 18 heavy (non-hydrogen) atoms. The smallest absolute Gasteiger partial charge is 0.258 e. The number of nitro benzene ring substituents is 1. The van der Waals surface area contributed by atoms with E-state index in [4.69, 9.17) is 11.6 Å². The minimum atomic E-state index is -4.47. The second kappa shape index (κ2) is 6.29. The van der Waals surface area contributed by atoms with Gasteiger partial charge < -0.3 is 0 Å². The van der Waals surface area contributed by atoms with E-state index in [1.165, 1.54) is 18.2 Å². The summed E-state index contributed by atoms with van der Waals surface area (Å²) in [6.07, 6.45) is 0.539. The Bertz CT molecular complexity index is 440. The largest absolute Gasteiger partial charge is 0.446 e. The first kappa shape index (κ1) is 15.1. The normalized spacial score (nSPS) is 11.6. The second-order valence-electron chi connectivity index (χ2n) is 3.35. The van der Waals surface area contributed by atoms with Crippen molar-refractivity contribution in [2.75, 3.05) is 5.88 Å². The summed E-state index contributed by atoms with van der Waals surface area (Å²) < 4.78 is 37.0. The van der Waals surface area contributed by atoms with Crippen molar-refractivity contribution in [2.45, 2.75) is 23.2 Å². The molecule has 0 N–H and O–H groups in total. The summed E-state index contributed by atoms with van der Waals surface area (Å²) in [5, 5.41) is 10.8. The first-order valence-electron chi connectivity index (χ1n) is 4.93. The molecule has 0 saturated carbocycles. The number of thioether (sulfide) groups is 1. The zero-order valence-electron chi connectivity index (χ0n) is 9.04. The van der Waals surface area contributed by atoms with E-state index in [1.54, 1.807) is 0 Å². The fourth-order valence-corrected chi connectivity index (χ4v) is 2.30. The Hall–Kier alpha value is -0.950. The maximum Gasteiger partial charge on any atom is 0.446 e. The number of hydrogen-bond donors (Lipinski definition) is 0. The van der Waals surface area contributed by atoms with Gasteiger partial charge in [0.25, 0.3) is 5.69 Å². The third-order valence-electron chi connectivity index (χ3n) is 2.09. The van der Waals surface area contributed by atoms with Crippen LogP contribution in [0.5, 0.6) is 0 Å². The van der Waals surface area contributed by atoms with Gasteiger partial charge in [0.15, 0.2) is 0 Å². The Labute approximate surface area is 110 Å². The molecule has 0 amide bonds. The van der Waals surface area contributed by atoms with Crippen LogP contribution in [0.25, 0.3) is 0 Å². The van der Waals surface area contributed by atoms with Gasteiger partial charge in [0, 0.05) is 22.4 Å². The molecule has 0 aliphatic carbocycles. The van der Waals surface area contributed by atoms with Crippen LogP contribution in [0.15, 0.2) is 23.1 Å². The van der Waals surface area contributed by atoms with Crippen LogP contribution in [0.4, 0.5) is 18.9 Å². The second-order valence-corrected chi connectivity index (χ2v) is 4.84. The maximum absolute atomic E-state index is 12.3. The van der Waals surface area contributed by atoms with Crippen molar-refractivity contribution in [1.82, 2.24) is 0 Å². The van der Waals surface area contributed by atoms with Crippen LogP contribution in [-0.4, -0.2) is 16.3 Å². The Balaban J connectivity index is 3.15. The molecular weight excluding hydrogens is 291 g/mol. The van der Waals surface area contributed by atoms with Crippen LogP contribution in [0.1, 0.15) is 12.0 Å². The van der Waals surface area contributed by atoms with Crippen LogP contribution < -0.4 is 0 Å². The lowest BCUT2D eigenvalue weighted by molar-refractivity contribution is -0.385. The van der Waals surface area contributed by atoms with Crippen molar-refractivity contribution in [3.63, 3.8) is 0 Å². The summed E-state index contributed by atoms with van der Waals surface area (Å²) in [5.74, 6) is 0.238. The quantitative estimate of drug-likeness (QED) is 0.351. The summed E-state index contributed by atoms with van der Waals surface area (Å²) in [6.45, 7) is 0. The van der Waals surface area contributed by atoms with E-state index in [2.05, 4.69) is 0 Å². The van der Waals surface area contributed by atoms with Crippen LogP contribution in [0.2, 0.25) is 0 Å². The molecule has 0 fully saturated rings. The summed E-state index contributed by atoms with van der Waals surface area (Å²) in [5.41, 5.74) is -4.68. The number of rotatable bonds is 5. The average molecular weight is 300 g/mol. The van der Waals surface area contributed by atoms with Crippen molar-refractivity contribution >= 4 is 29.1 Å². The van der Waals surface area contributed by atoms with Gasteiger partial charge in [-0.1, -0.05) is 6.07 Å². The predicted molar refractivity (Wildman–Crippen MR) is 64.0 cm³/mol. The van der Waals surface area contributed by atoms with E-state index in [0.717, 1.165) is 0 Å². The predicted octanol–water partition coefficient (Wildman–Crippen LogP) is 4.38. The van der Waals surface area contributed by atoms with Gasteiger partial charge in [-0.15, -0.1) is 11.6 Å². The molecule has 0 unspecified atom stereocenters. The maximum atomic E-state index is 12.3. The molecule has 0 saturated heterocycles. The number of alkyl halides is 4. The minimum absolute atomic E-state index is 0.0884. The topological polar surface area (TPSA) is 43.1 Å². The minimum Gasteiger partial charge on any atom is -0.258 e. The van der Waals surface area contributed by atoms with Gasteiger partial charge in [-0.25, -0.2) is 0 Å². The molecule has 1 rings (SSSR count). The highest BCUT2D eigenvalue weighted by Crippen LogP contribution is 2.41. The fraction of sp³-hybridized carbons (Fsp3) is 0.400. The molecule has 0 aliphatic rings. The highest BCUT2D eigenvalue weighted by molar-refractivity contribution is 8.00. The third-order valence-corrected chi connectivity index (χ3v) is 3.19. The van der Waals surface area contributed by atoms with Crippen molar-refractivity contribution in [1.29, 1.82) is 0 Å². The molecule has 0 bridgehead atoms. The first-order valence-corrected chi connectivity index (χ1v) is 6.28. The van der Waals surface area contributed by atoms with Gasteiger partial charge in [-0.3, -0.25) is 10.1 Å². The van der Waals surface area contributed by atoms with Gasteiger partial charge in [-0.05, 0) is 30.7 Å². The number of hydrogen-bond acceptors (Lipinski definition) is 3. The van der Waals surface area contributed by atoms with Crippen LogP contribution in [-0.2, 0) is 6.42 Å². The standard InChI is InChI=1S/C10H9ClF3NO2S/c11-6-2-3-7-8(15(16)17)4-1-5-9(7)18-10(12,13)14/h1,4-5H,2-3,6H2. The van der Waals surface area contributed by atoms with E-state index in [1.807, 2.05) is 0 Å². The Kier molecular flexibility index (Phi) is 5.28. The lowest BCUT2D eigenvalue weighted by Crippen LogP contribution is -2.04. The van der Waals surface area contributed by atoms with Crippen LogP contribution in [0, 0.1) is 10.1 Å². The van der Waals surface area contributed by atoms with Crippen molar-refractivity contribution in [2.24, 2.45) is 0 Å². The third kappa shape index (κ3) is 4.38. The summed E-state index contributed by atoms with van der Waals surface area (Å²) in [7, 11) is 0. The van der Waals surface area contributed by atoms with Crippen LogP contribution >= 0.6 is 23.4 Å². The molecule has 8 heteroatoms. The van der Waals surface area contributed by atoms with Gasteiger partial charge in [0.2, 0.25) is 0 Å². The molecule has 0 spiro atoms. The van der Waals surface area contributed by atoms with E-state index in [9.17, 15) is 23.3 Å². The SMILES string of the molecule is O=[N+]([O-])c1cccc(SC(F)(F)F)c1CCCCl. The molecule has 100 valence electrons. The molecular formula is C10H9ClF3NO2S. The van der Waals surface area contributed by atoms with Crippen molar-refractivity contribution < 1.29 is 18.1 Å². The van der Waals surface area contributed by atoms with Gasteiger partial charge in [0.1, 0.15) is 0 Å². The first-order chi connectivity index (χ1) is 8.35. The Morgan fingerprint density at radius 1 is 1.39 bits per heavy atom. The van der Waals surface area contributed by atoms with E-state index < -0.39 is 10.4 Å². The molecule has 0 aliphatic heterocycles. The lowest BCUT2D eigenvalue weighted by atomic mass is 10.1. The average Bonchev–Trinajstić information content (AvgIpc) is 2.24. The summed E-state index contributed by atoms with van der Waals surface area (Å²) in [6, 6.07) is 3.68. The molecule has 0 atom stereocenters. The number of halogens is 4. The number of nitrogens with zero attached hydrogens (tertiary/aromatic N) is 1. The summed E-state index contributed by atoms with van der Waals surface area (Å²) >= 11 is 5.13. The fourth-order valence-electron chi connectivity index (χ4n) is 1.44. The van der Waals surface area contributed by atoms with Gasteiger partial charge in [-0.2, -0.15) is 13.2 Å².